The Balaban J connectivity index is 0.00000441. The van der Waals surface area contributed by atoms with Gasteiger partial charge in [0.25, 0.3) is 0 Å². The number of benzene rings is 1. The second kappa shape index (κ2) is 10.5. The van der Waals surface area contributed by atoms with E-state index in [4.69, 9.17) is 4.74 Å². The Kier molecular flexibility index (Phi) is 9.95. The van der Waals surface area contributed by atoms with Crippen LogP contribution in [0.1, 0.15) is 12.0 Å². The summed E-state index contributed by atoms with van der Waals surface area (Å²) in [6, 6.07) is 7.63. The van der Waals surface area contributed by atoms with E-state index in [1.54, 1.807) is 7.11 Å². The zero-order chi connectivity index (χ0) is 15.7. The molecular weight excluding hydrogens is 410 g/mol. The number of alkyl halides is 3. The first-order valence-corrected chi connectivity index (χ1v) is 6.59. The van der Waals surface area contributed by atoms with Crippen molar-refractivity contribution in [2.75, 3.05) is 27.2 Å². The number of nitrogens with zero attached hydrogens (tertiary/aromatic N) is 1. The van der Waals surface area contributed by atoms with Crippen molar-refractivity contribution in [2.24, 2.45) is 4.99 Å². The third-order valence-electron chi connectivity index (χ3n) is 2.76. The molecule has 0 amide bonds. The average molecular weight is 431 g/mol. The molecule has 4 nitrogen and oxygen atoms in total. The molecule has 0 aliphatic heterocycles. The van der Waals surface area contributed by atoms with Gasteiger partial charge < -0.3 is 15.4 Å². The van der Waals surface area contributed by atoms with Crippen LogP contribution in [0.3, 0.4) is 0 Å². The summed E-state index contributed by atoms with van der Waals surface area (Å²) in [5.41, 5.74) is 1.08. The first-order chi connectivity index (χ1) is 9.94. The molecule has 0 aliphatic carbocycles. The fraction of sp³-hybridized carbons (Fsp3) is 0.500. The first-order valence-electron chi connectivity index (χ1n) is 6.59. The van der Waals surface area contributed by atoms with Gasteiger partial charge >= 0.3 is 6.18 Å². The smallest absolute Gasteiger partial charge is 0.390 e. The summed E-state index contributed by atoms with van der Waals surface area (Å²) in [4.78, 5) is 3.87. The van der Waals surface area contributed by atoms with E-state index in [2.05, 4.69) is 15.6 Å². The van der Waals surface area contributed by atoms with Crippen molar-refractivity contribution >= 4 is 29.9 Å². The van der Waals surface area contributed by atoms with Crippen LogP contribution < -0.4 is 15.4 Å². The summed E-state index contributed by atoms with van der Waals surface area (Å²) in [6.45, 7) is 0.376. The molecule has 0 unspecified atom stereocenters. The van der Waals surface area contributed by atoms with Gasteiger partial charge in [0.1, 0.15) is 5.75 Å². The summed E-state index contributed by atoms with van der Waals surface area (Å²) < 4.78 is 41.3. The minimum atomic E-state index is -4.16. The van der Waals surface area contributed by atoms with Gasteiger partial charge in [-0.2, -0.15) is 13.2 Å². The Morgan fingerprint density at radius 1 is 1.23 bits per heavy atom. The molecule has 1 rings (SSSR count). The van der Waals surface area contributed by atoms with Crippen molar-refractivity contribution in [3.63, 3.8) is 0 Å². The van der Waals surface area contributed by atoms with Crippen LogP contribution in [0.2, 0.25) is 0 Å². The third kappa shape index (κ3) is 8.96. The van der Waals surface area contributed by atoms with Crippen molar-refractivity contribution in [1.82, 2.24) is 10.6 Å². The van der Waals surface area contributed by atoms with E-state index < -0.39 is 12.6 Å². The summed E-state index contributed by atoms with van der Waals surface area (Å²) >= 11 is 0. The molecule has 8 heteroatoms. The highest BCUT2D eigenvalue weighted by molar-refractivity contribution is 14.0. The lowest BCUT2D eigenvalue weighted by atomic mass is 10.1. The average Bonchev–Trinajstić information content (AvgIpc) is 2.44. The van der Waals surface area contributed by atoms with Crippen LogP contribution in [0.25, 0.3) is 0 Å². The molecule has 0 fully saturated rings. The molecular formula is C14H21F3IN3O. The first kappa shape index (κ1) is 20.8. The highest BCUT2D eigenvalue weighted by atomic mass is 127. The number of aliphatic imine (C=N–C) groups is 1. The van der Waals surface area contributed by atoms with Gasteiger partial charge in [0.2, 0.25) is 0 Å². The zero-order valence-electron chi connectivity index (χ0n) is 12.5. The number of halogens is 4. The predicted molar refractivity (Wildman–Crippen MR) is 92.1 cm³/mol. The van der Waals surface area contributed by atoms with Crippen molar-refractivity contribution in [1.29, 1.82) is 0 Å². The highest BCUT2D eigenvalue weighted by Gasteiger charge is 2.26. The summed E-state index contributed by atoms with van der Waals surface area (Å²) in [5, 5.41) is 5.60. The van der Waals surface area contributed by atoms with Crippen molar-refractivity contribution in [3.8, 4) is 5.75 Å². The van der Waals surface area contributed by atoms with E-state index in [0.29, 0.717) is 12.5 Å². The summed E-state index contributed by atoms with van der Waals surface area (Å²) in [6.07, 6.45) is -4.33. The van der Waals surface area contributed by atoms with Gasteiger partial charge in [0.05, 0.1) is 13.5 Å². The molecule has 0 radical (unpaired) electrons. The van der Waals surface area contributed by atoms with E-state index in [-0.39, 0.29) is 30.5 Å². The molecule has 126 valence electrons. The van der Waals surface area contributed by atoms with Gasteiger partial charge in [0.15, 0.2) is 5.96 Å². The van der Waals surface area contributed by atoms with Gasteiger partial charge in [-0.25, -0.2) is 0 Å². The van der Waals surface area contributed by atoms with Gasteiger partial charge in [-0.15, -0.1) is 24.0 Å². The third-order valence-corrected chi connectivity index (χ3v) is 2.76. The Labute approximate surface area is 145 Å². The minimum Gasteiger partial charge on any atom is -0.497 e. The normalized spacial score (nSPS) is 11.6. The number of hydrogen-bond acceptors (Lipinski definition) is 2. The van der Waals surface area contributed by atoms with Crippen LogP contribution in [-0.2, 0) is 6.42 Å². The molecule has 2 N–H and O–H groups in total. The van der Waals surface area contributed by atoms with E-state index in [1.165, 1.54) is 7.05 Å². The lowest BCUT2D eigenvalue weighted by Crippen LogP contribution is -2.39. The Morgan fingerprint density at radius 2 is 1.91 bits per heavy atom. The van der Waals surface area contributed by atoms with E-state index >= 15 is 0 Å². The molecule has 0 atom stereocenters. The minimum absolute atomic E-state index is 0. The second-order valence-electron chi connectivity index (χ2n) is 4.39. The van der Waals surface area contributed by atoms with Crippen LogP contribution in [-0.4, -0.2) is 39.4 Å². The lowest BCUT2D eigenvalue weighted by Gasteiger charge is -2.13. The monoisotopic (exact) mass is 431 g/mol. The Hall–Kier alpha value is -1.19. The highest BCUT2D eigenvalue weighted by Crippen LogP contribution is 2.18. The van der Waals surface area contributed by atoms with Gasteiger partial charge in [0, 0.05) is 20.1 Å². The lowest BCUT2D eigenvalue weighted by molar-refractivity contribution is -0.132. The number of methoxy groups -OCH3 is 1. The number of nitrogens with one attached hydrogen (secondary N) is 2. The largest absolute Gasteiger partial charge is 0.497 e. The maximum absolute atomic E-state index is 12.0. The van der Waals surface area contributed by atoms with Crippen LogP contribution in [0.5, 0.6) is 5.75 Å². The molecule has 22 heavy (non-hydrogen) atoms. The maximum Gasteiger partial charge on any atom is 0.390 e. The SMILES string of the molecule is CN=C(NCCc1cccc(OC)c1)NCCC(F)(F)F.I. The predicted octanol–water partition coefficient (Wildman–Crippen LogP) is 2.97. The molecule has 0 heterocycles. The summed E-state index contributed by atoms with van der Waals surface area (Å²) in [7, 11) is 3.12. The standard InChI is InChI=1S/C14H20F3N3O.HI/c1-18-13(20-9-7-14(15,16)17)19-8-6-11-4-3-5-12(10-11)21-2;/h3-5,10H,6-9H2,1-2H3,(H2,18,19,20);1H. The number of guanidine groups is 1. The zero-order valence-corrected chi connectivity index (χ0v) is 14.9. The molecule has 0 aliphatic rings. The van der Waals surface area contributed by atoms with Crippen LogP contribution in [0.15, 0.2) is 29.3 Å². The van der Waals surface area contributed by atoms with Gasteiger partial charge in [-0.3, -0.25) is 4.99 Å². The second-order valence-corrected chi connectivity index (χ2v) is 4.39. The van der Waals surface area contributed by atoms with E-state index in [0.717, 1.165) is 17.7 Å². The molecule has 0 spiro atoms. The number of rotatable bonds is 6. The van der Waals surface area contributed by atoms with Gasteiger partial charge in [-0.1, -0.05) is 12.1 Å². The van der Waals surface area contributed by atoms with Crippen LogP contribution >= 0.6 is 24.0 Å². The van der Waals surface area contributed by atoms with Crippen molar-refractivity contribution in [3.05, 3.63) is 29.8 Å². The number of hydrogen-bond donors (Lipinski definition) is 2. The Bertz CT molecular complexity index is 467. The molecule has 1 aromatic rings. The summed E-state index contributed by atoms with van der Waals surface area (Å²) in [5.74, 6) is 1.14. The fourth-order valence-corrected chi connectivity index (χ4v) is 1.70. The van der Waals surface area contributed by atoms with E-state index in [9.17, 15) is 13.2 Å². The molecule has 0 saturated carbocycles. The maximum atomic E-state index is 12.0. The quantitative estimate of drug-likeness (QED) is 0.414. The Morgan fingerprint density at radius 3 is 2.50 bits per heavy atom. The van der Waals surface area contributed by atoms with Crippen molar-refractivity contribution < 1.29 is 17.9 Å². The molecule has 0 bridgehead atoms. The molecule has 0 aromatic heterocycles. The van der Waals surface area contributed by atoms with Crippen molar-refractivity contribution in [2.45, 2.75) is 19.0 Å². The topological polar surface area (TPSA) is 45.7 Å². The van der Waals surface area contributed by atoms with Crippen LogP contribution in [0, 0.1) is 0 Å². The number of ether oxygens (including phenoxy) is 1. The molecule has 1 aromatic carbocycles. The van der Waals surface area contributed by atoms with Crippen LogP contribution in [0.4, 0.5) is 13.2 Å². The van der Waals surface area contributed by atoms with E-state index in [1.807, 2.05) is 24.3 Å². The molecule has 0 saturated heterocycles. The fourth-order valence-electron chi connectivity index (χ4n) is 1.70. The van der Waals surface area contributed by atoms with Gasteiger partial charge in [-0.05, 0) is 24.1 Å².